The highest BCUT2D eigenvalue weighted by Crippen LogP contribution is 2.50. The third kappa shape index (κ3) is 1.65. The quantitative estimate of drug-likeness (QED) is 0.807. The van der Waals surface area contributed by atoms with E-state index in [1.807, 2.05) is 19.9 Å². The van der Waals surface area contributed by atoms with E-state index in [0.29, 0.717) is 11.3 Å². The Hall–Kier alpha value is -0.770. The summed E-state index contributed by atoms with van der Waals surface area (Å²) in [6.07, 6.45) is 0. The molecule has 0 fully saturated rings. The summed E-state index contributed by atoms with van der Waals surface area (Å²) in [5.74, 6) is -0.496. The van der Waals surface area contributed by atoms with Gasteiger partial charge in [0, 0.05) is 11.6 Å². The molecule has 1 atom stereocenters. The number of aliphatic hydroxyl groups is 1. The summed E-state index contributed by atoms with van der Waals surface area (Å²) in [6.45, 7) is 5.21. The zero-order valence-corrected chi connectivity index (χ0v) is 12.0. The number of carbonyl (C=O) groups excluding carboxylic acids is 1. The van der Waals surface area contributed by atoms with E-state index in [0.717, 1.165) is 0 Å². The average molecular weight is 288 g/mol. The second-order valence-electron chi connectivity index (χ2n) is 4.93. The number of nitrogens with zero attached hydrogens (tertiary/aromatic N) is 1. The van der Waals surface area contributed by atoms with Crippen LogP contribution >= 0.6 is 23.2 Å². The first-order chi connectivity index (χ1) is 8.21. The lowest BCUT2D eigenvalue weighted by Gasteiger charge is -2.46. The van der Waals surface area contributed by atoms with Crippen LogP contribution in [0, 0.1) is 0 Å². The van der Waals surface area contributed by atoms with Crippen LogP contribution in [-0.4, -0.2) is 21.4 Å². The lowest BCUT2D eigenvalue weighted by atomic mass is 9.85. The first kappa shape index (κ1) is 13.7. The normalized spacial score (nSPS) is 26.4. The summed E-state index contributed by atoms with van der Waals surface area (Å²) in [5.41, 5.74) is -0.405. The number of amides is 1. The lowest BCUT2D eigenvalue weighted by Crippen LogP contribution is -2.59. The summed E-state index contributed by atoms with van der Waals surface area (Å²) in [7, 11) is 0. The van der Waals surface area contributed by atoms with Gasteiger partial charge in [-0.15, -0.1) is 0 Å². The van der Waals surface area contributed by atoms with Crippen LogP contribution in [0.25, 0.3) is 0 Å². The van der Waals surface area contributed by atoms with Crippen LogP contribution in [-0.2, 0) is 10.4 Å². The number of rotatable bonds is 1. The predicted molar refractivity (Wildman–Crippen MR) is 73.1 cm³/mol. The molecule has 3 nitrogen and oxygen atoms in total. The molecule has 2 rings (SSSR count). The second kappa shape index (κ2) is 4.12. The van der Waals surface area contributed by atoms with E-state index in [4.69, 9.17) is 23.2 Å². The molecule has 0 saturated heterocycles. The highest BCUT2D eigenvalue weighted by molar-refractivity contribution is 6.60. The van der Waals surface area contributed by atoms with E-state index in [-0.39, 0.29) is 6.04 Å². The second-order valence-corrected chi connectivity index (χ2v) is 6.26. The number of hydrogen-bond acceptors (Lipinski definition) is 2. The van der Waals surface area contributed by atoms with Crippen molar-refractivity contribution in [3.8, 4) is 0 Å². The van der Waals surface area contributed by atoms with Gasteiger partial charge in [-0.3, -0.25) is 4.79 Å². The van der Waals surface area contributed by atoms with Crippen LogP contribution in [0.1, 0.15) is 26.3 Å². The first-order valence-corrected chi connectivity index (χ1v) is 6.50. The van der Waals surface area contributed by atoms with Crippen LogP contribution in [0.5, 0.6) is 0 Å². The van der Waals surface area contributed by atoms with Crippen LogP contribution in [0.2, 0.25) is 0 Å². The highest BCUT2D eigenvalue weighted by atomic mass is 35.5. The molecular weight excluding hydrogens is 273 g/mol. The third-order valence-corrected chi connectivity index (χ3v) is 4.36. The molecule has 98 valence electrons. The number of alkyl halides is 2. The molecule has 0 radical (unpaired) electrons. The summed E-state index contributed by atoms with van der Waals surface area (Å²) < 4.78 is -1.88. The molecule has 1 aromatic rings. The van der Waals surface area contributed by atoms with Crippen molar-refractivity contribution < 1.29 is 9.90 Å². The van der Waals surface area contributed by atoms with Crippen molar-refractivity contribution in [2.45, 2.75) is 36.7 Å². The predicted octanol–water partition coefficient (Wildman–Crippen LogP) is 2.82. The van der Waals surface area contributed by atoms with E-state index in [1.165, 1.54) is 11.8 Å². The maximum atomic E-state index is 12.4. The van der Waals surface area contributed by atoms with Gasteiger partial charge in [0.25, 0.3) is 5.91 Å². The van der Waals surface area contributed by atoms with Crippen LogP contribution in [0.3, 0.4) is 0 Å². The molecule has 1 unspecified atom stereocenters. The summed E-state index contributed by atoms with van der Waals surface area (Å²) >= 11 is 12.2. The molecule has 1 aliphatic rings. The van der Waals surface area contributed by atoms with Crippen LogP contribution < -0.4 is 4.90 Å². The van der Waals surface area contributed by atoms with Crippen molar-refractivity contribution in [3.63, 3.8) is 0 Å². The largest absolute Gasteiger partial charge is 0.382 e. The Morgan fingerprint density at radius 1 is 1.28 bits per heavy atom. The van der Waals surface area contributed by atoms with Crippen molar-refractivity contribution in [2.24, 2.45) is 0 Å². The van der Waals surface area contributed by atoms with Crippen molar-refractivity contribution in [1.29, 1.82) is 0 Å². The number of para-hydroxylation sites is 1. The minimum atomic E-state index is -1.88. The number of fused-ring (bicyclic) bond motifs is 1. The Morgan fingerprint density at radius 3 is 2.39 bits per heavy atom. The molecule has 1 heterocycles. The molecular formula is C13H15Cl2NO2. The van der Waals surface area contributed by atoms with Crippen molar-refractivity contribution in [1.82, 2.24) is 0 Å². The molecule has 1 aliphatic heterocycles. The average Bonchev–Trinajstić information content (AvgIpc) is 2.27. The van der Waals surface area contributed by atoms with Gasteiger partial charge in [0.15, 0.2) is 0 Å². The zero-order valence-electron chi connectivity index (χ0n) is 10.4. The lowest BCUT2D eigenvalue weighted by molar-refractivity contribution is -0.126. The fourth-order valence-corrected chi connectivity index (χ4v) is 2.63. The van der Waals surface area contributed by atoms with Crippen molar-refractivity contribution in [2.75, 3.05) is 4.90 Å². The SMILES string of the molecule is CC(C)N1C(=O)C(Cl)(Cl)C(C)(O)c2ccccc21. The molecule has 0 aliphatic carbocycles. The van der Waals surface area contributed by atoms with E-state index in [2.05, 4.69) is 0 Å². The summed E-state index contributed by atoms with van der Waals surface area (Å²) in [5, 5.41) is 10.5. The standard InChI is InChI=1S/C13H15Cl2NO2/c1-8(2)16-10-7-5-4-6-9(10)12(3,18)13(14,15)11(16)17/h4-8,18H,1-3H3. The van der Waals surface area contributed by atoms with E-state index in [1.54, 1.807) is 18.2 Å². The van der Waals surface area contributed by atoms with Crippen LogP contribution in [0.15, 0.2) is 24.3 Å². The Kier molecular flexibility index (Phi) is 3.13. The Morgan fingerprint density at radius 2 is 1.83 bits per heavy atom. The third-order valence-electron chi connectivity index (χ3n) is 3.30. The van der Waals surface area contributed by atoms with Crippen LogP contribution in [0.4, 0.5) is 5.69 Å². The van der Waals surface area contributed by atoms with Gasteiger partial charge in [0.1, 0.15) is 5.60 Å². The first-order valence-electron chi connectivity index (χ1n) is 5.74. The van der Waals surface area contributed by atoms with Gasteiger partial charge in [0.05, 0.1) is 5.69 Å². The van der Waals surface area contributed by atoms with E-state index >= 15 is 0 Å². The van der Waals surface area contributed by atoms with Crippen molar-refractivity contribution in [3.05, 3.63) is 29.8 Å². The van der Waals surface area contributed by atoms with Gasteiger partial charge in [-0.2, -0.15) is 0 Å². The fraction of sp³-hybridized carbons (Fsp3) is 0.462. The minimum absolute atomic E-state index is 0.0911. The number of anilines is 1. The van der Waals surface area contributed by atoms with Gasteiger partial charge in [0.2, 0.25) is 4.33 Å². The van der Waals surface area contributed by atoms with Gasteiger partial charge < -0.3 is 10.0 Å². The van der Waals surface area contributed by atoms with Gasteiger partial charge >= 0.3 is 0 Å². The molecule has 0 aromatic heterocycles. The number of halogens is 2. The van der Waals surface area contributed by atoms with E-state index in [9.17, 15) is 9.90 Å². The monoisotopic (exact) mass is 287 g/mol. The molecule has 18 heavy (non-hydrogen) atoms. The molecule has 1 aromatic carbocycles. The molecule has 1 amide bonds. The zero-order chi connectivity index (χ0) is 13.7. The van der Waals surface area contributed by atoms with E-state index < -0.39 is 15.8 Å². The summed E-state index contributed by atoms with van der Waals surface area (Å²) in [4.78, 5) is 13.9. The Labute approximate surface area is 116 Å². The Balaban J connectivity index is 2.74. The molecule has 0 spiro atoms. The number of carbonyl (C=O) groups is 1. The van der Waals surface area contributed by atoms with Gasteiger partial charge in [-0.25, -0.2) is 0 Å². The fourth-order valence-electron chi connectivity index (χ4n) is 2.25. The summed E-state index contributed by atoms with van der Waals surface area (Å²) in [6, 6.07) is 7.02. The highest BCUT2D eigenvalue weighted by Gasteiger charge is 2.58. The molecule has 0 saturated carbocycles. The Bertz CT molecular complexity index is 498. The topological polar surface area (TPSA) is 40.5 Å². The minimum Gasteiger partial charge on any atom is -0.382 e. The van der Waals surface area contributed by atoms with Gasteiger partial charge in [-0.1, -0.05) is 41.4 Å². The maximum absolute atomic E-state index is 12.4. The number of hydrogen-bond donors (Lipinski definition) is 1. The smallest absolute Gasteiger partial charge is 0.267 e. The molecule has 1 N–H and O–H groups in total. The van der Waals surface area contributed by atoms with Gasteiger partial charge in [-0.05, 0) is 26.8 Å². The maximum Gasteiger partial charge on any atom is 0.267 e. The number of benzene rings is 1. The van der Waals surface area contributed by atoms with Crippen molar-refractivity contribution >= 4 is 34.8 Å². The molecule has 5 heteroatoms. The molecule has 0 bridgehead atoms.